The van der Waals surface area contributed by atoms with Crippen molar-refractivity contribution in [2.45, 2.75) is 4.90 Å². The number of nitrogens with one attached hydrogen (secondary N) is 1. The summed E-state index contributed by atoms with van der Waals surface area (Å²) in [6.07, 6.45) is 1.32. The molecule has 0 spiro atoms. The van der Waals surface area contributed by atoms with E-state index in [1.165, 1.54) is 18.3 Å². The zero-order valence-corrected chi connectivity index (χ0v) is 13.2. The molecule has 0 bridgehead atoms. The number of pyridine rings is 1. The molecule has 1 aromatic carbocycles. The third-order valence-corrected chi connectivity index (χ3v) is 4.56. The number of hydrogen-bond acceptors (Lipinski definition) is 3. The summed E-state index contributed by atoms with van der Waals surface area (Å²) >= 11 is 14.9. The number of rotatable bonds is 3. The van der Waals surface area contributed by atoms with Crippen molar-refractivity contribution in [2.24, 2.45) is 0 Å². The molecule has 0 saturated heterocycles. The minimum Gasteiger partial charge on any atom is -0.278 e. The first-order valence-corrected chi connectivity index (χ1v) is 8.01. The molecule has 0 saturated carbocycles. The number of anilines is 1. The Kier molecular flexibility index (Phi) is 4.35. The van der Waals surface area contributed by atoms with Gasteiger partial charge in [0.15, 0.2) is 0 Å². The zero-order chi connectivity index (χ0) is 14.0. The smallest absolute Gasteiger partial charge is 0.262 e. The number of hydrogen-bond donors (Lipinski definition) is 1. The van der Waals surface area contributed by atoms with Gasteiger partial charge in [-0.3, -0.25) is 4.72 Å². The highest BCUT2D eigenvalue weighted by Gasteiger charge is 2.16. The average Bonchev–Trinajstić information content (AvgIpc) is 2.33. The van der Waals surface area contributed by atoms with Gasteiger partial charge in [-0.25, -0.2) is 13.4 Å². The number of aromatic nitrogens is 1. The predicted molar refractivity (Wildman–Crippen MR) is 79.2 cm³/mol. The third kappa shape index (κ3) is 3.60. The predicted octanol–water partition coefficient (Wildman–Crippen LogP) is 3.95. The van der Waals surface area contributed by atoms with Crippen LogP contribution in [0.25, 0.3) is 0 Å². The summed E-state index contributed by atoms with van der Waals surface area (Å²) in [6, 6.07) is 7.45. The molecule has 1 N–H and O–H groups in total. The summed E-state index contributed by atoms with van der Waals surface area (Å²) in [5, 5.41) is 0.392. The molecule has 8 heteroatoms. The van der Waals surface area contributed by atoms with E-state index < -0.39 is 10.0 Å². The van der Waals surface area contributed by atoms with Crippen molar-refractivity contribution in [3.05, 3.63) is 51.2 Å². The Morgan fingerprint density at radius 1 is 1.16 bits per heavy atom. The van der Waals surface area contributed by atoms with E-state index in [9.17, 15) is 8.42 Å². The van der Waals surface area contributed by atoms with E-state index >= 15 is 0 Å². The van der Waals surface area contributed by atoms with Crippen LogP contribution in [0, 0.1) is 0 Å². The summed E-state index contributed by atoms with van der Waals surface area (Å²) in [4.78, 5) is 3.75. The van der Waals surface area contributed by atoms with Gasteiger partial charge >= 0.3 is 0 Å². The molecule has 0 radical (unpaired) electrons. The van der Waals surface area contributed by atoms with Crippen LogP contribution in [0.5, 0.6) is 0 Å². The second-order valence-corrected chi connectivity index (χ2v) is 6.94. The normalized spacial score (nSPS) is 11.3. The quantitative estimate of drug-likeness (QED) is 0.818. The van der Waals surface area contributed by atoms with Gasteiger partial charge in [0.1, 0.15) is 5.15 Å². The molecule has 1 aromatic heterocycles. The van der Waals surface area contributed by atoms with Gasteiger partial charge in [-0.05, 0) is 30.3 Å². The Labute approximate surface area is 128 Å². The fourth-order valence-electron chi connectivity index (χ4n) is 1.33. The molecular weight excluding hydrogens is 375 g/mol. The largest absolute Gasteiger partial charge is 0.278 e. The SMILES string of the molecule is O=S(=O)(Nc1ccc(Br)cc1Cl)c1ccnc(Cl)c1. The fourth-order valence-corrected chi connectivity index (χ4v) is 3.44. The maximum atomic E-state index is 12.1. The molecular formula is C11H7BrCl2N2O2S. The second-order valence-electron chi connectivity index (χ2n) is 3.54. The van der Waals surface area contributed by atoms with Crippen LogP contribution >= 0.6 is 39.1 Å². The van der Waals surface area contributed by atoms with Crippen molar-refractivity contribution in [3.63, 3.8) is 0 Å². The van der Waals surface area contributed by atoms with Gasteiger partial charge < -0.3 is 0 Å². The Bertz CT molecular complexity index is 722. The van der Waals surface area contributed by atoms with Gasteiger partial charge in [0.25, 0.3) is 10.0 Å². The van der Waals surface area contributed by atoms with E-state index in [1.54, 1.807) is 18.2 Å². The zero-order valence-electron chi connectivity index (χ0n) is 9.27. The molecule has 0 amide bonds. The molecule has 100 valence electrons. The van der Waals surface area contributed by atoms with Crippen LogP contribution in [-0.2, 0) is 10.0 Å². The van der Waals surface area contributed by atoms with Gasteiger partial charge in [0.2, 0.25) is 0 Å². The Morgan fingerprint density at radius 3 is 2.53 bits per heavy atom. The second kappa shape index (κ2) is 5.66. The van der Waals surface area contributed by atoms with Gasteiger partial charge in [-0.15, -0.1) is 0 Å². The van der Waals surface area contributed by atoms with Crippen LogP contribution in [0.1, 0.15) is 0 Å². The molecule has 2 rings (SSSR count). The molecule has 19 heavy (non-hydrogen) atoms. The lowest BCUT2D eigenvalue weighted by molar-refractivity contribution is 0.601. The first-order valence-electron chi connectivity index (χ1n) is 4.98. The minimum atomic E-state index is -3.75. The first-order chi connectivity index (χ1) is 8.88. The molecule has 0 aliphatic heterocycles. The summed E-state index contributed by atoms with van der Waals surface area (Å²) in [7, 11) is -3.75. The van der Waals surface area contributed by atoms with Crippen molar-refractivity contribution in [2.75, 3.05) is 4.72 Å². The molecule has 0 aliphatic carbocycles. The van der Waals surface area contributed by atoms with Crippen molar-refractivity contribution in [3.8, 4) is 0 Å². The fraction of sp³-hybridized carbons (Fsp3) is 0. The Hall–Kier alpha value is -0.820. The van der Waals surface area contributed by atoms with Crippen LogP contribution in [-0.4, -0.2) is 13.4 Å². The van der Waals surface area contributed by atoms with Crippen LogP contribution in [0.3, 0.4) is 0 Å². The van der Waals surface area contributed by atoms with Gasteiger partial charge in [0, 0.05) is 10.7 Å². The lowest BCUT2D eigenvalue weighted by Crippen LogP contribution is -2.13. The molecule has 0 atom stereocenters. The molecule has 0 unspecified atom stereocenters. The molecule has 0 fully saturated rings. The van der Waals surface area contributed by atoms with Crippen molar-refractivity contribution >= 4 is 54.8 Å². The van der Waals surface area contributed by atoms with E-state index in [0.717, 1.165) is 4.47 Å². The summed E-state index contributed by atoms with van der Waals surface area (Å²) in [5.41, 5.74) is 0.290. The van der Waals surface area contributed by atoms with Crippen molar-refractivity contribution < 1.29 is 8.42 Å². The molecule has 0 aliphatic rings. The average molecular weight is 382 g/mol. The van der Waals surface area contributed by atoms with Crippen LogP contribution < -0.4 is 4.72 Å². The van der Waals surface area contributed by atoms with Crippen molar-refractivity contribution in [1.82, 2.24) is 4.98 Å². The summed E-state index contributed by atoms with van der Waals surface area (Å²) in [5.74, 6) is 0. The van der Waals surface area contributed by atoms with Gasteiger partial charge in [0.05, 0.1) is 15.6 Å². The number of benzene rings is 1. The van der Waals surface area contributed by atoms with E-state index in [1.807, 2.05) is 0 Å². The van der Waals surface area contributed by atoms with Gasteiger partial charge in [-0.1, -0.05) is 39.1 Å². The van der Waals surface area contributed by atoms with Crippen LogP contribution in [0.15, 0.2) is 45.9 Å². The summed E-state index contributed by atoms with van der Waals surface area (Å²) < 4.78 is 27.4. The number of halogens is 3. The lowest BCUT2D eigenvalue weighted by atomic mass is 10.3. The van der Waals surface area contributed by atoms with Crippen LogP contribution in [0.4, 0.5) is 5.69 Å². The van der Waals surface area contributed by atoms with E-state index in [4.69, 9.17) is 23.2 Å². The highest BCUT2D eigenvalue weighted by Crippen LogP contribution is 2.27. The van der Waals surface area contributed by atoms with E-state index in [2.05, 4.69) is 25.6 Å². The highest BCUT2D eigenvalue weighted by molar-refractivity contribution is 9.10. The maximum Gasteiger partial charge on any atom is 0.262 e. The lowest BCUT2D eigenvalue weighted by Gasteiger charge is -2.09. The third-order valence-electron chi connectivity index (χ3n) is 2.18. The number of sulfonamides is 1. The van der Waals surface area contributed by atoms with E-state index in [0.29, 0.717) is 0 Å². The molecule has 1 heterocycles. The highest BCUT2D eigenvalue weighted by atomic mass is 79.9. The van der Waals surface area contributed by atoms with Gasteiger partial charge in [-0.2, -0.15) is 0 Å². The summed E-state index contributed by atoms with van der Waals surface area (Å²) in [6.45, 7) is 0. The van der Waals surface area contributed by atoms with E-state index in [-0.39, 0.29) is 20.8 Å². The monoisotopic (exact) mass is 380 g/mol. The Balaban J connectivity index is 2.36. The minimum absolute atomic E-state index is 0.0199. The standard InChI is InChI=1S/C11H7BrCl2N2O2S/c12-7-1-2-10(9(13)5-7)16-19(17,18)8-3-4-15-11(14)6-8/h1-6,16H. The first kappa shape index (κ1) is 14.6. The molecule has 4 nitrogen and oxygen atoms in total. The maximum absolute atomic E-state index is 12.1. The topological polar surface area (TPSA) is 59.1 Å². The van der Waals surface area contributed by atoms with Crippen molar-refractivity contribution in [1.29, 1.82) is 0 Å². The molecule has 2 aromatic rings. The van der Waals surface area contributed by atoms with Crippen LogP contribution in [0.2, 0.25) is 10.2 Å². The Morgan fingerprint density at radius 2 is 1.89 bits per heavy atom. The number of nitrogens with zero attached hydrogens (tertiary/aromatic N) is 1.